The van der Waals surface area contributed by atoms with E-state index in [2.05, 4.69) is 71.5 Å². The van der Waals surface area contributed by atoms with Crippen LogP contribution in [0.3, 0.4) is 0 Å². The zero-order valence-corrected chi connectivity index (χ0v) is 33.7. The van der Waals surface area contributed by atoms with E-state index in [0.29, 0.717) is 41.7 Å². The maximum absolute atomic E-state index is 13.1. The van der Waals surface area contributed by atoms with Crippen LogP contribution in [0.1, 0.15) is 113 Å². The molecule has 0 saturated carbocycles. The first-order valence-electron chi connectivity index (χ1n) is 20.8. The van der Waals surface area contributed by atoms with Gasteiger partial charge in [0.2, 0.25) is 12.2 Å². The van der Waals surface area contributed by atoms with Gasteiger partial charge in [-0.25, -0.2) is 9.59 Å². The van der Waals surface area contributed by atoms with Crippen LogP contribution in [0.4, 0.5) is 0 Å². The summed E-state index contributed by atoms with van der Waals surface area (Å²) >= 11 is 0. The monoisotopic (exact) mass is 774 g/mol. The van der Waals surface area contributed by atoms with Crippen molar-refractivity contribution < 1.29 is 28.5 Å². The van der Waals surface area contributed by atoms with Crippen LogP contribution in [-0.4, -0.2) is 84.9 Å². The predicted molar refractivity (Wildman–Crippen MR) is 221 cm³/mol. The van der Waals surface area contributed by atoms with Gasteiger partial charge in [0.25, 0.3) is 0 Å². The molecule has 4 aromatic rings. The van der Waals surface area contributed by atoms with E-state index in [-0.39, 0.29) is 12.5 Å². The number of H-pyrrole nitrogens is 1. The number of aryl methyl sites for hydroxylation is 1. The van der Waals surface area contributed by atoms with Crippen LogP contribution in [0.2, 0.25) is 0 Å². The summed E-state index contributed by atoms with van der Waals surface area (Å²) in [4.78, 5) is 28.6. The summed E-state index contributed by atoms with van der Waals surface area (Å²) < 4.78 is 24.5. The summed E-state index contributed by atoms with van der Waals surface area (Å²) in [5, 5.41) is 11.4. The number of nitrogens with one attached hydrogen (secondary N) is 2. The third-order valence-electron chi connectivity index (χ3n) is 11.8. The lowest BCUT2D eigenvalue weighted by molar-refractivity contribution is -0.186. The first-order chi connectivity index (χ1) is 27.7. The molecule has 10 nitrogen and oxygen atoms in total. The average Bonchev–Trinajstić information content (AvgIpc) is 3.62. The number of hydrogen-bond acceptors (Lipinski definition) is 9. The molecule has 0 unspecified atom stereocenters. The van der Waals surface area contributed by atoms with Gasteiger partial charge in [0.05, 0.1) is 17.2 Å². The largest absolute Gasteiger partial charge is 0.459 e. The molecule has 1 spiro atoms. The number of ether oxygens (including phenoxy) is 4. The van der Waals surface area contributed by atoms with Crippen LogP contribution in [0.15, 0.2) is 84.9 Å². The SMILES string of the molecule is Cc1cc(/C=C/CCN2CCCC3(CCNCC3)C2)ccc1Cc1c(O[C@H]2C[C@@H](OC(=O)c3ccccc3)C[C@@H](COC(=O)c3ccccc3)O2)n[nH]c1C(C)C. The average molecular weight is 775 g/mol. The molecule has 3 atom stereocenters. The van der Waals surface area contributed by atoms with Gasteiger partial charge in [0.1, 0.15) is 12.7 Å². The second-order valence-corrected chi connectivity index (χ2v) is 16.4. The molecule has 3 aliphatic heterocycles. The first-order valence-corrected chi connectivity index (χ1v) is 20.8. The Balaban J connectivity index is 1.00. The minimum atomic E-state index is -0.793. The highest BCUT2D eigenvalue weighted by atomic mass is 16.7. The Morgan fingerprint density at radius 1 is 0.965 bits per heavy atom. The third kappa shape index (κ3) is 10.8. The van der Waals surface area contributed by atoms with E-state index in [0.717, 1.165) is 37.3 Å². The number of esters is 2. The third-order valence-corrected chi connectivity index (χ3v) is 11.8. The van der Waals surface area contributed by atoms with E-state index in [1.165, 1.54) is 55.5 Å². The Morgan fingerprint density at radius 3 is 2.42 bits per heavy atom. The van der Waals surface area contributed by atoms with Crippen molar-refractivity contribution in [2.75, 3.05) is 39.3 Å². The molecule has 0 radical (unpaired) electrons. The molecule has 0 bridgehead atoms. The number of likely N-dealkylation sites (tertiary alicyclic amines) is 1. The minimum absolute atomic E-state index is 0.0193. The normalized spacial score (nSPS) is 21.2. The molecule has 0 aliphatic carbocycles. The minimum Gasteiger partial charge on any atom is -0.459 e. The molecule has 1 aromatic heterocycles. The number of nitrogens with zero attached hydrogens (tertiary/aromatic N) is 2. The molecule has 3 saturated heterocycles. The van der Waals surface area contributed by atoms with Crippen LogP contribution in [0.25, 0.3) is 6.08 Å². The fraction of sp³-hybridized carbons (Fsp3) is 0.468. The standard InChI is InChI=1S/C47H58N4O6/c1-33(2)43-41(28-38-19-18-35(27-34(38)3)13-10-11-25-51-26-12-20-47(32-51)21-23-48-24-22-47)44(50-49-43)57-42-30-39(56-46(53)37-16-8-5-9-17-37)29-40(55-42)31-54-45(52)36-14-6-4-7-15-36/h4-10,13-19,27,33,39-40,42,48H,11-12,20-26,28-32H2,1-3H3,(H,49,50)/b13-10+/t39-,40-,42-/m0/s1. The molecular formula is C47H58N4O6. The van der Waals surface area contributed by atoms with Crippen LogP contribution in [0.5, 0.6) is 5.88 Å². The van der Waals surface area contributed by atoms with Crippen LogP contribution < -0.4 is 10.1 Å². The molecule has 7 rings (SSSR count). The summed E-state index contributed by atoms with van der Waals surface area (Å²) in [5.41, 5.74) is 6.98. The van der Waals surface area contributed by atoms with E-state index in [4.69, 9.17) is 18.9 Å². The molecule has 4 heterocycles. The maximum atomic E-state index is 13.1. The van der Waals surface area contributed by atoms with Gasteiger partial charge in [0.15, 0.2) is 0 Å². The van der Waals surface area contributed by atoms with E-state index in [9.17, 15) is 9.59 Å². The smallest absolute Gasteiger partial charge is 0.338 e. The van der Waals surface area contributed by atoms with Crippen molar-refractivity contribution in [2.24, 2.45) is 5.41 Å². The molecule has 302 valence electrons. The van der Waals surface area contributed by atoms with Gasteiger partial charge >= 0.3 is 11.9 Å². The van der Waals surface area contributed by atoms with Crippen LogP contribution in [0, 0.1) is 12.3 Å². The number of benzene rings is 3. The highest BCUT2D eigenvalue weighted by molar-refractivity contribution is 5.89. The number of aromatic amines is 1. The summed E-state index contributed by atoms with van der Waals surface area (Å²) in [5.74, 6) is -0.249. The topological polar surface area (TPSA) is 115 Å². The van der Waals surface area contributed by atoms with Crippen molar-refractivity contribution in [3.8, 4) is 5.88 Å². The number of piperidine rings is 2. The van der Waals surface area contributed by atoms with Gasteiger partial charge < -0.3 is 29.2 Å². The fourth-order valence-corrected chi connectivity index (χ4v) is 8.61. The Hall–Kier alpha value is -4.77. The Morgan fingerprint density at radius 2 is 1.70 bits per heavy atom. The fourth-order valence-electron chi connectivity index (χ4n) is 8.61. The molecule has 3 aromatic carbocycles. The molecule has 57 heavy (non-hydrogen) atoms. The van der Waals surface area contributed by atoms with E-state index in [1.807, 2.05) is 12.1 Å². The molecule has 2 N–H and O–H groups in total. The van der Waals surface area contributed by atoms with E-state index >= 15 is 0 Å². The zero-order chi connectivity index (χ0) is 39.6. The molecule has 3 fully saturated rings. The Bertz CT molecular complexity index is 1950. The van der Waals surface area contributed by atoms with Crippen molar-refractivity contribution in [1.82, 2.24) is 20.4 Å². The van der Waals surface area contributed by atoms with Gasteiger partial charge in [-0.1, -0.05) is 80.6 Å². The first kappa shape index (κ1) is 40.4. The van der Waals surface area contributed by atoms with Gasteiger partial charge in [-0.3, -0.25) is 5.10 Å². The maximum Gasteiger partial charge on any atom is 0.338 e. The summed E-state index contributed by atoms with van der Waals surface area (Å²) in [6.07, 6.45) is 10.3. The molecular weight excluding hydrogens is 717 g/mol. The summed E-state index contributed by atoms with van der Waals surface area (Å²) in [7, 11) is 0. The van der Waals surface area contributed by atoms with Gasteiger partial charge in [0, 0.05) is 43.6 Å². The van der Waals surface area contributed by atoms with Gasteiger partial charge in [-0.05, 0) is 111 Å². The second-order valence-electron chi connectivity index (χ2n) is 16.4. The van der Waals surface area contributed by atoms with Crippen LogP contribution >= 0.6 is 0 Å². The Kier molecular flexibility index (Phi) is 13.6. The number of carbonyl (C=O) groups is 2. The summed E-state index contributed by atoms with van der Waals surface area (Å²) in [6.45, 7) is 12.3. The molecule has 0 amide bonds. The lowest BCUT2D eigenvalue weighted by atomic mass is 9.73. The lowest BCUT2D eigenvalue weighted by Crippen LogP contribution is -2.48. The van der Waals surface area contributed by atoms with Crippen molar-refractivity contribution in [2.45, 2.75) is 96.6 Å². The highest BCUT2D eigenvalue weighted by Crippen LogP contribution is 2.38. The zero-order valence-electron chi connectivity index (χ0n) is 33.7. The van der Waals surface area contributed by atoms with Crippen molar-refractivity contribution in [1.29, 1.82) is 0 Å². The van der Waals surface area contributed by atoms with Crippen LogP contribution in [-0.2, 0) is 20.6 Å². The predicted octanol–water partition coefficient (Wildman–Crippen LogP) is 8.27. The summed E-state index contributed by atoms with van der Waals surface area (Å²) in [6, 6.07) is 24.4. The number of rotatable bonds is 14. The van der Waals surface area contributed by atoms with Gasteiger partial charge in [-0.15, -0.1) is 5.10 Å². The van der Waals surface area contributed by atoms with Crippen molar-refractivity contribution >= 4 is 18.0 Å². The molecule has 3 aliphatic rings. The second kappa shape index (κ2) is 19.1. The number of carbonyl (C=O) groups excluding carboxylic acids is 2. The van der Waals surface area contributed by atoms with E-state index < -0.39 is 30.4 Å². The number of hydrogen-bond donors (Lipinski definition) is 2. The van der Waals surface area contributed by atoms with Gasteiger partial charge in [-0.2, -0.15) is 0 Å². The molecule has 10 heteroatoms. The number of aromatic nitrogens is 2. The van der Waals surface area contributed by atoms with E-state index in [1.54, 1.807) is 48.5 Å². The highest BCUT2D eigenvalue weighted by Gasteiger charge is 2.37. The van der Waals surface area contributed by atoms with Crippen molar-refractivity contribution in [3.63, 3.8) is 0 Å². The van der Waals surface area contributed by atoms with Crippen molar-refractivity contribution in [3.05, 3.63) is 124 Å². The Labute approximate surface area is 337 Å². The quantitative estimate of drug-likeness (QED) is 0.122. The lowest BCUT2D eigenvalue weighted by Gasteiger charge is -2.45.